The Morgan fingerprint density at radius 1 is 1.00 bits per heavy atom. The lowest BCUT2D eigenvalue weighted by Crippen LogP contribution is -2.47. The second kappa shape index (κ2) is 9.88. The summed E-state index contributed by atoms with van der Waals surface area (Å²) in [4.78, 5) is 23.0. The van der Waals surface area contributed by atoms with E-state index >= 15 is 0 Å². The lowest BCUT2D eigenvalue weighted by atomic mass is 10.0. The zero-order valence-electron chi connectivity index (χ0n) is 22.1. The molecule has 1 aromatic carbocycles. The molecule has 11 heteroatoms. The predicted molar refractivity (Wildman–Crippen MR) is 146 cm³/mol. The van der Waals surface area contributed by atoms with Gasteiger partial charge in [0, 0.05) is 56.0 Å². The third kappa shape index (κ3) is 4.64. The molecule has 1 aliphatic carbocycles. The van der Waals surface area contributed by atoms with Gasteiger partial charge in [0.05, 0.1) is 22.6 Å². The zero-order chi connectivity index (χ0) is 27.4. The standard InChI is InChI=1S/C29H31F3N6O2/c30-29(31,32)18-37-24-16-19(21-4-3-10-33-27(21)36-13-11-35(12-14-36)20-7-8-20)6-9-22(24)26-23(28(37)39)17-34-38(26)25-5-1-2-15-40-25/h3-4,6,9-10,16-17,20,25H,1-2,5,7-8,11-15,18H2. The number of nitrogens with zero attached hydrogens (tertiary/aromatic N) is 6. The van der Waals surface area contributed by atoms with Crippen LogP contribution < -0.4 is 10.5 Å². The van der Waals surface area contributed by atoms with E-state index in [9.17, 15) is 18.0 Å². The first-order valence-electron chi connectivity index (χ1n) is 14.0. The summed E-state index contributed by atoms with van der Waals surface area (Å²) < 4.78 is 49.7. The van der Waals surface area contributed by atoms with Crippen LogP contribution >= 0.6 is 0 Å². The Hall–Kier alpha value is -3.44. The van der Waals surface area contributed by atoms with Gasteiger partial charge >= 0.3 is 6.18 Å². The van der Waals surface area contributed by atoms with Crippen molar-refractivity contribution >= 4 is 27.6 Å². The minimum Gasteiger partial charge on any atom is -0.356 e. The SMILES string of the molecule is O=c1c2cnn(C3CCCCO3)c2c2ccc(-c3cccnc3N3CCN(C4CC4)CC3)cc2n1CC(F)(F)F. The van der Waals surface area contributed by atoms with Crippen LogP contribution in [0.3, 0.4) is 0 Å². The van der Waals surface area contributed by atoms with Gasteiger partial charge in [-0.2, -0.15) is 18.3 Å². The fourth-order valence-electron chi connectivity index (χ4n) is 6.25. The first-order valence-corrected chi connectivity index (χ1v) is 14.0. The first kappa shape index (κ1) is 25.5. The van der Waals surface area contributed by atoms with E-state index in [2.05, 4.69) is 19.9 Å². The fourth-order valence-corrected chi connectivity index (χ4v) is 6.25. The molecule has 3 aliphatic rings. The van der Waals surface area contributed by atoms with Crippen molar-refractivity contribution in [3.8, 4) is 11.1 Å². The Kier molecular flexibility index (Phi) is 6.31. The largest absolute Gasteiger partial charge is 0.406 e. The van der Waals surface area contributed by atoms with Gasteiger partial charge in [-0.25, -0.2) is 9.67 Å². The summed E-state index contributed by atoms with van der Waals surface area (Å²) in [6.07, 6.45) is 3.37. The van der Waals surface area contributed by atoms with Gasteiger partial charge in [-0.15, -0.1) is 0 Å². The van der Waals surface area contributed by atoms with Crippen molar-refractivity contribution in [1.82, 2.24) is 24.2 Å². The van der Waals surface area contributed by atoms with E-state index in [1.54, 1.807) is 16.9 Å². The van der Waals surface area contributed by atoms with E-state index in [0.29, 0.717) is 23.6 Å². The average Bonchev–Trinajstić information content (AvgIpc) is 3.73. The second-order valence-corrected chi connectivity index (χ2v) is 11.0. The van der Waals surface area contributed by atoms with Crippen LogP contribution in [0, 0.1) is 0 Å². The Balaban J connectivity index is 1.36. The summed E-state index contributed by atoms with van der Waals surface area (Å²) in [6, 6.07) is 9.90. The Morgan fingerprint density at radius 2 is 1.82 bits per heavy atom. The highest BCUT2D eigenvalue weighted by Gasteiger charge is 2.33. The molecule has 0 N–H and O–H groups in total. The van der Waals surface area contributed by atoms with Crippen LogP contribution in [0.1, 0.15) is 38.3 Å². The Labute approximate surface area is 228 Å². The smallest absolute Gasteiger partial charge is 0.356 e. The summed E-state index contributed by atoms with van der Waals surface area (Å²) >= 11 is 0. The van der Waals surface area contributed by atoms with E-state index in [1.807, 2.05) is 24.3 Å². The highest BCUT2D eigenvalue weighted by atomic mass is 19.4. The molecule has 7 rings (SSSR count). The number of alkyl halides is 3. The molecule has 0 amide bonds. The first-order chi connectivity index (χ1) is 19.4. The molecule has 8 nitrogen and oxygen atoms in total. The molecular formula is C29H31F3N6O2. The number of aromatic nitrogens is 4. The molecule has 5 heterocycles. The molecule has 2 saturated heterocycles. The van der Waals surface area contributed by atoms with Gasteiger partial charge in [0.1, 0.15) is 12.4 Å². The van der Waals surface area contributed by atoms with Crippen LogP contribution in [0.2, 0.25) is 0 Å². The highest BCUT2D eigenvalue weighted by Crippen LogP contribution is 2.36. The minimum absolute atomic E-state index is 0.161. The van der Waals surface area contributed by atoms with Gasteiger partial charge in [0.15, 0.2) is 6.23 Å². The second-order valence-electron chi connectivity index (χ2n) is 11.0. The van der Waals surface area contributed by atoms with Crippen LogP contribution in [-0.4, -0.2) is 69.2 Å². The van der Waals surface area contributed by atoms with Gasteiger partial charge < -0.3 is 9.64 Å². The number of hydrogen-bond acceptors (Lipinski definition) is 6. The van der Waals surface area contributed by atoms with Gasteiger partial charge in [0.25, 0.3) is 5.56 Å². The van der Waals surface area contributed by atoms with Crippen molar-refractivity contribution in [3.05, 3.63) is 53.1 Å². The van der Waals surface area contributed by atoms with Gasteiger partial charge in [-0.05, 0) is 55.9 Å². The summed E-state index contributed by atoms with van der Waals surface area (Å²) in [5, 5.41) is 5.12. The third-order valence-corrected chi connectivity index (χ3v) is 8.36. The molecule has 1 atom stereocenters. The molecule has 40 heavy (non-hydrogen) atoms. The number of hydrogen-bond donors (Lipinski definition) is 0. The molecule has 3 aromatic heterocycles. The van der Waals surface area contributed by atoms with E-state index in [4.69, 9.17) is 4.74 Å². The van der Waals surface area contributed by atoms with Crippen molar-refractivity contribution in [2.24, 2.45) is 0 Å². The lowest BCUT2D eigenvalue weighted by Gasteiger charge is -2.36. The van der Waals surface area contributed by atoms with E-state index in [1.165, 1.54) is 19.0 Å². The number of piperazine rings is 1. The van der Waals surface area contributed by atoms with E-state index in [0.717, 1.165) is 67.0 Å². The van der Waals surface area contributed by atoms with Gasteiger partial charge in [-0.1, -0.05) is 12.1 Å². The normalized spacial score (nSPS) is 21.0. The van der Waals surface area contributed by atoms with Gasteiger partial charge in [0.2, 0.25) is 0 Å². The molecule has 0 radical (unpaired) electrons. The van der Waals surface area contributed by atoms with Gasteiger partial charge in [-0.3, -0.25) is 14.3 Å². The molecule has 2 aliphatic heterocycles. The predicted octanol–water partition coefficient (Wildman–Crippen LogP) is 4.96. The number of halogens is 3. The molecular weight excluding hydrogens is 521 g/mol. The summed E-state index contributed by atoms with van der Waals surface area (Å²) in [5.41, 5.74) is 1.58. The molecule has 210 valence electrons. The molecule has 0 bridgehead atoms. The number of benzene rings is 1. The van der Waals surface area contributed by atoms with Crippen LogP contribution in [0.15, 0.2) is 47.5 Å². The Bertz CT molecular complexity index is 1610. The molecule has 1 unspecified atom stereocenters. The minimum atomic E-state index is -4.57. The maximum atomic E-state index is 13.7. The molecule has 3 fully saturated rings. The van der Waals surface area contributed by atoms with Crippen molar-refractivity contribution in [3.63, 3.8) is 0 Å². The van der Waals surface area contributed by atoms with Crippen molar-refractivity contribution in [1.29, 1.82) is 0 Å². The number of fused-ring (bicyclic) bond motifs is 3. The highest BCUT2D eigenvalue weighted by molar-refractivity contribution is 6.05. The average molecular weight is 553 g/mol. The number of ether oxygens (including phenoxy) is 1. The zero-order valence-corrected chi connectivity index (χ0v) is 22.1. The van der Waals surface area contributed by atoms with E-state index < -0.39 is 18.3 Å². The maximum absolute atomic E-state index is 13.7. The molecule has 1 saturated carbocycles. The third-order valence-electron chi connectivity index (χ3n) is 8.36. The van der Waals surface area contributed by atoms with Crippen LogP contribution in [-0.2, 0) is 11.3 Å². The number of anilines is 1. The number of pyridine rings is 2. The molecule has 0 spiro atoms. The van der Waals surface area contributed by atoms with Crippen molar-refractivity contribution in [2.75, 3.05) is 37.7 Å². The van der Waals surface area contributed by atoms with E-state index in [-0.39, 0.29) is 17.1 Å². The van der Waals surface area contributed by atoms with Crippen molar-refractivity contribution in [2.45, 2.75) is 57.1 Å². The monoisotopic (exact) mass is 552 g/mol. The van der Waals surface area contributed by atoms with Crippen LogP contribution in [0.5, 0.6) is 0 Å². The van der Waals surface area contributed by atoms with Crippen molar-refractivity contribution < 1.29 is 17.9 Å². The number of rotatable bonds is 5. The lowest BCUT2D eigenvalue weighted by molar-refractivity contribution is -0.140. The summed E-state index contributed by atoms with van der Waals surface area (Å²) in [7, 11) is 0. The fraction of sp³-hybridized carbons (Fsp3) is 0.483. The Morgan fingerprint density at radius 3 is 2.55 bits per heavy atom. The quantitative estimate of drug-likeness (QED) is 0.349. The maximum Gasteiger partial charge on any atom is 0.406 e. The topological polar surface area (TPSA) is 68.4 Å². The summed E-state index contributed by atoms with van der Waals surface area (Å²) in [5.74, 6) is 0.809. The molecule has 4 aromatic rings. The van der Waals surface area contributed by atoms with Crippen LogP contribution in [0.25, 0.3) is 32.9 Å². The van der Waals surface area contributed by atoms with Crippen LogP contribution in [0.4, 0.5) is 19.0 Å². The summed E-state index contributed by atoms with van der Waals surface area (Å²) in [6.45, 7) is 2.82.